The number of likely N-dealkylation sites (N-methyl/N-ethyl adjacent to an activating group) is 1. The fourth-order valence-corrected chi connectivity index (χ4v) is 5.71. The van der Waals surface area contributed by atoms with E-state index in [-0.39, 0.29) is 23.3 Å². The lowest BCUT2D eigenvalue weighted by Crippen LogP contribution is -2.46. The highest BCUT2D eigenvalue weighted by molar-refractivity contribution is 7.92. The van der Waals surface area contributed by atoms with E-state index >= 15 is 0 Å². The summed E-state index contributed by atoms with van der Waals surface area (Å²) in [6, 6.07) is 11.8. The van der Waals surface area contributed by atoms with Crippen molar-refractivity contribution in [3.8, 4) is 0 Å². The van der Waals surface area contributed by atoms with Crippen molar-refractivity contribution in [1.29, 1.82) is 0 Å². The van der Waals surface area contributed by atoms with Gasteiger partial charge in [0.2, 0.25) is 5.91 Å². The smallest absolute Gasteiger partial charge is 0.262 e. The zero-order valence-corrected chi connectivity index (χ0v) is 21.5. The van der Waals surface area contributed by atoms with Crippen LogP contribution >= 0.6 is 0 Å². The summed E-state index contributed by atoms with van der Waals surface area (Å²) in [6.07, 6.45) is 0. The fourth-order valence-electron chi connectivity index (χ4n) is 4.40. The van der Waals surface area contributed by atoms with E-state index in [1.54, 1.807) is 61.3 Å². The third kappa shape index (κ3) is 5.97. The Labute approximate surface area is 212 Å². The SMILES string of the molecule is Cc1ccccc1S(=O)(=O)Nc1cc(C(=O)N(C)CC(=O)N2CCOCC2)ccc1N1CCNCC1. The van der Waals surface area contributed by atoms with Crippen molar-refractivity contribution in [2.24, 2.45) is 0 Å². The number of amides is 2. The van der Waals surface area contributed by atoms with Crippen molar-refractivity contribution >= 4 is 33.2 Å². The molecule has 0 unspecified atom stereocenters. The number of piperazine rings is 1. The zero-order valence-electron chi connectivity index (χ0n) is 20.7. The molecule has 2 N–H and O–H groups in total. The Balaban J connectivity index is 1.60. The summed E-state index contributed by atoms with van der Waals surface area (Å²) in [4.78, 5) is 31.2. The lowest BCUT2D eigenvalue weighted by Gasteiger charge is -2.31. The van der Waals surface area contributed by atoms with Crippen LogP contribution in [0.5, 0.6) is 0 Å². The summed E-state index contributed by atoms with van der Waals surface area (Å²) in [6.45, 7) is 6.63. The molecule has 0 aromatic heterocycles. The third-order valence-corrected chi connectivity index (χ3v) is 7.94. The van der Waals surface area contributed by atoms with Crippen LogP contribution in [0, 0.1) is 6.92 Å². The number of nitrogens with zero attached hydrogens (tertiary/aromatic N) is 3. The first-order valence-corrected chi connectivity index (χ1v) is 13.5. The molecule has 2 aliphatic heterocycles. The third-order valence-electron chi connectivity index (χ3n) is 6.41. The summed E-state index contributed by atoms with van der Waals surface area (Å²) in [7, 11) is -2.32. The highest BCUT2D eigenvalue weighted by atomic mass is 32.2. The van der Waals surface area contributed by atoms with Gasteiger partial charge < -0.3 is 24.8 Å². The van der Waals surface area contributed by atoms with Gasteiger partial charge in [0.25, 0.3) is 15.9 Å². The average molecular weight is 516 g/mol. The Morgan fingerprint density at radius 2 is 1.75 bits per heavy atom. The second kappa shape index (κ2) is 11.3. The molecule has 2 heterocycles. The molecular weight excluding hydrogens is 482 g/mol. The van der Waals surface area contributed by atoms with Gasteiger partial charge in [-0.05, 0) is 36.8 Å². The Morgan fingerprint density at radius 1 is 1.06 bits per heavy atom. The molecule has 0 bridgehead atoms. The predicted molar refractivity (Wildman–Crippen MR) is 138 cm³/mol. The minimum absolute atomic E-state index is 0.0668. The molecule has 194 valence electrons. The number of hydrogen-bond acceptors (Lipinski definition) is 7. The predicted octanol–water partition coefficient (Wildman–Crippen LogP) is 1.14. The number of morpholine rings is 1. The maximum atomic E-state index is 13.3. The zero-order chi connectivity index (χ0) is 25.7. The molecule has 2 aromatic carbocycles. The number of ether oxygens (including phenoxy) is 1. The van der Waals surface area contributed by atoms with E-state index in [2.05, 4.69) is 14.9 Å². The molecule has 0 aliphatic carbocycles. The van der Waals surface area contributed by atoms with Gasteiger partial charge in [0.15, 0.2) is 0 Å². The number of rotatable bonds is 7. The molecule has 0 radical (unpaired) electrons. The molecule has 36 heavy (non-hydrogen) atoms. The first kappa shape index (κ1) is 25.9. The molecule has 2 amide bonds. The van der Waals surface area contributed by atoms with Crippen molar-refractivity contribution < 1.29 is 22.7 Å². The van der Waals surface area contributed by atoms with Crippen LogP contribution < -0.4 is 14.9 Å². The second-order valence-electron chi connectivity index (χ2n) is 8.99. The van der Waals surface area contributed by atoms with Crippen LogP contribution in [-0.4, -0.2) is 96.1 Å². The first-order valence-electron chi connectivity index (χ1n) is 12.1. The summed E-state index contributed by atoms with van der Waals surface area (Å²) in [5.41, 5.74) is 1.96. The lowest BCUT2D eigenvalue weighted by atomic mass is 10.1. The van der Waals surface area contributed by atoms with Crippen LogP contribution in [0.25, 0.3) is 0 Å². The van der Waals surface area contributed by atoms with Gasteiger partial charge in [-0.15, -0.1) is 0 Å². The summed E-state index contributed by atoms with van der Waals surface area (Å²) in [5.74, 6) is -0.508. The van der Waals surface area contributed by atoms with Gasteiger partial charge in [-0.3, -0.25) is 14.3 Å². The van der Waals surface area contributed by atoms with E-state index in [0.717, 1.165) is 13.1 Å². The van der Waals surface area contributed by atoms with Crippen molar-refractivity contribution in [2.45, 2.75) is 11.8 Å². The van der Waals surface area contributed by atoms with Crippen LogP contribution in [0.4, 0.5) is 11.4 Å². The van der Waals surface area contributed by atoms with Gasteiger partial charge in [-0.2, -0.15) is 0 Å². The van der Waals surface area contributed by atoms with Crippen molar-refractivity contribution in [3.63, 3.8) is 0 Å². The Kier molecular flexibility index (Phi) is 8.12. The molecule has 4 rings (SSSR count). The highest BCUT2D eigenvalue weighted by Gasteiger charge is 2.25. The van der Waals surface area contributed by atoms with Gasteiger partial charge in [0.05, 0.1) is 36.0 Å². The number of aryl methyl sites for hydroxylation is 1. The van der Waals surface area contributed by atoms with E-state index in [0.29, 0.717) is 61.9 Å². The summed E-state index contributed by atoms with van der Waals surface area (Å²) < 4.78 is 34.6. The topological polar surface area (TPSA) is 111 Å². The van der Waals surface area contributed by atoms with E-state index < -0.39 is 10.0 Å². The molecule has 0 atom stereocenters. The van der Waals surface area contributed by atoms with E-state index in [4.69, 9.17) is 4.74 Å². The second-order valence-corrected chi connectivity index (χ2v) is 10.6. The number of anilines is 2. The normalized spacial score (nSPS) is 16.5. The minimum Gasteiger partial charge on any atom is -0.378 e. The van der Waals surface area contributed by atoms with E-state index in [9.17, 15) is 18.0 Å². The van der Waals surface area contributed by atoms with Gasteiger partial charge >= 0.3 is 0 Å². The van der Waals surface area contributed by atoms with Gasteiger partial charge in [0.1, 0.15) is 0 Å². The standard InChI is InChI=1S/C25H33N5O5S/c1-19-5-3-4-6-23(19)36(33,34)27-21-17-20(7-8-22(21)29-11-9-26-10-12-29)25(32)28(2)18-24(31)30-13-15-35-16-14-30/h3-8,17,26-27H,9-16,18H2,1-2H3. The van der Waals surface area contributed by atoms with Crippen LogP contribution in [0.2, 0.25) is 0 Å². The Hall–Kier alpha value is -3.15. The summed E-state index contributed by atoms with van der Waals surface area (Å²) >= 11 is 0. The number of carbonyl (C=O) groups is 2. The molecule has 0 saturated carbocycles. The molecule has 11 heteroatoms. The summed E-state index contributed by atoms with van der Waals surface area (Å²) in [5, 5.41) is 3.29. The van der Waals surface area contributed by atoms with Gasteiger partial charge in [-0.25, -0.2) is 8.42 Å². The largest absolute Gasteiger partial charge is 0.378 e. The minimum atomic E-state index is -3.89. The molecule has 2 aliphatic rings. The Morgan fingerprint density at radius 3 is 2.44 bits per heavy atom. The first-order chi connectivity index (χ1) is 17.3. The molecule has 0 spiro atoms. The van der Waals surface area contributed by atoms with E-state index in [1.807, 2.05) is 0 Å². The Bertz CT molecular complexity index is 1210. The van der Waals surface area contributed by atoms with Gasteiger partial charge in [0, 0.05) is 51.9 Å². The number of nitrogens with one attached hydrogen (secondary N) is 2. The lowest BCUT2D eigenvalue weighted by molar-refractivity contribution is -0.135. The monoisotopic (exact) mass is 515 g/mol. The molecular formula is C25H33N5O5S. The number of benzene rings is 2. The average Bonchev–Trinajstić information content (AvgIpc) is 2.89. The van der Waals surface area contributed by atoms with Crippen LogP contribution in [-0.2, 0) is 19.6 Å². The molecule has 2 aromatic rings. The van der Waals surface area contributed by atoms with Crippen LogP contribution in [0.3, 0.4) is 0 Å². The highest BCUT2D eigenvalue weighted by Crippen LogP contribution is 2.31. The molecule has 2 fully saturated rings. The van der Waals surface area contributed by atoms with Crippen molar-refractivity contribution in [3.05, 3.63) is 53.6 Å². The molecule has 10 nitrogen and oxygen atoms in total. The van der Waals surface area contributed by atoms with Crippen molar-refractivity contribution in [2.75, 3.05) is 75.7 Å². The van der Waals surface area contributed by atoms with Crippen LogP contribution in [0.15, 0.2) is 47.4 Å². The van der Waals surface area contributed by atoms with Gasteiger partial charge in [-0.1, -0.05) is 18.2 Å². The maximum Gasteiger partial charge on any atom is 0.262 e. The number of carbonyl (C=O) groups excluding carboxylic acids is 2. The maximum absolute atomic E-state index is 13.3. The van der Waals surface area contributed by atoms with Crippen LogP contribution in [0.1, 0.15) is 15.9 Å². The van der Waals surface area contributed by atoms with E-state index in [1.165, 1.54) is 4.90 Å². The molecule has 2 saturated heterocycles. The fraction of sp³-hybridized carbons (Fsp3) is 0.440. The van der Waals surface area contributed by atoms with Crippen molar-refractivity contribution in [1.82, 2.24) is 15.1 Å². The number of hydrogen-bond donors (Lipinski definition) is 2. The number of sulfonamides is 1. The quantitative estimate of drug-likeness (QED) is 0.569.